The second-order valence-electron chi connectivity index (χ2n) is 8.05. The summed E-state index contributed by atoms with van der Waals surface area (Å²) in [6, 6.07) is 18.7. The molecule has 0 aliphatic heterocycles. The van der Waals surface area contributed by atoms with Gasteiger partial charge in [-0.05, 0) is 62.1 Å². The fourth-order valence-electron chi connectivity index (χ4n) is 4.58. The summed E-state index contributed by atoms with van der Waals surface area (Å²) in [6.07, 6.45) is 3.45. The Morgan fingerprint density at radius 2 is 2.00 bits per heavy atom. The van der Waals surface area contributed by atoms with Gasteiger partial charge in [0, 0.05) is 51.9 Å². The van der Waals surface area contributed by atoms with Gasteiger partial charge in [0.15, 0.2) is 0 Å². The zero-order chi connectivity index (χ0) is 22.1. The van der Waals surface area contributed by atoms with Gasteiger partial charge in [-0.3, -0.25) is 4.79 Å². The van der Waals surface area contributed by atoms with Crippen LogP contribution in [0.1, 0.15) is 36.6 Å². The number of para-hydroxylation sites is 1. The lowest BCUT2D eigenvalue weighted by atomic mass is 10.1. The van der Waals surface area contributed by atoms with Gasteiger partial charge in [0.2, 0.25) is 5.91 Å². The average Bonchev–Trinajstić information content (AvgIpc) is 3.39. The lowest BCUT2D eigenvalue weighted by Crippen LogP contribution is -2.12. The molecule has 160 valence electrons. The molecular formula is C26H24N4OS. The fourth-order valence-corrected chi connectivity index (χ4v) is 5.49. The van der Waals surface area contributed by atoms with Crippen molar-refractivity contribution >= 4 is 45.2 Å². The lowest BCUT2D eigenvalue weighted by Gasteiger charge is -2.08. The number of carbonyl (C=O) groups is 1. The number of hydrogen-bond donors (Lipinski definition) is 1. The summed E-state index contributed by atoms with van der Waals surface area (Å²) in [5.74, 6) is 0.555. The van der Waals surface area contributed by atoms with Crippen LogP contribution in [0.5, 0.6) is 0 Å². The second kappa shape index (κ2) is 8.68. The molecule has 0 spiro atoms. The van der Waals surface area contributed by atoms with E-state index in [4.69, 9.17) is 0 Å². The molecule has 2 aromatic carbocycles. The Bertz CT molecular complexity index is 1380. The normalized spacial score (nSPS) is 12.8. The number of pyridine rings is 1. The number of anilines is 1. The summed E-state index contributed by atoms with van der Waals surface area (Å²) in [5.41, 5.74) is 6.11. The number of nitrogens with one attached hydrogen (secondary N) is 1. The van der Waals surface area contributed by atoms with Gasteiger partial charge in [-0.15, -0.1) is 11.8 Å². The van der Waals surface area contributed by atoms with E-state index in [1.165, 1.54) is 33.7 Å². The van der Waals surface area contributed by atoms with Crippen molar-refractivity contribution in [3.05, 3.63) is 65.4 Å². The van der Waals surface area contributed by atoms with E-state index < -0.39 is 0 Å². The molecule has 4 aromatic rings. The van der Waals surface area contributed by atoms with Crippen molar-refractivity contribution in [2.75, 3.05) is 11.1 Å². The van der Waals surface area contributed by atoms with Gasteiger partial charge in [0.1, 0.15) is 11.1 Å². The number of amides is 1. The topological polar surface area (TPSA) is 70.7 Å². The number of benzene rings is 2. The third-order valence-electron chi connectivity index (χ3n) is 6.08. The van der Waals surface area contributed by atoms with Crippen molar-refractivity contribution in [3.63, 3.8) is 0 Å². The van der Waals surface area contributed by atoms with Gasteiger partial charge in [-0.1, -0.05) is 18.2 Å². The zero-order valence-corrected chi connectivity index (χ0v) is 18.8. The molecule has 32 heavy (non-hydrogen) atoms. The van der Waals surface area contributed by atoms with Gasteiger partial charge in [-0.2, -0.15) is 5.26 Å². The molecule has 0 atom stereocenters. The largest absolute Gasteiger partial charge is 0.341 e. The molecule has 1 aliphatic rings. The molecule has 1 N–H and O–H groups in total. The molecule has 0 radical (unpaired) electrons. The van der Waals surface area contributed by atoms with Crippen LogP contribution in [0.15, 0.2) is 53.6 Å². The van der Waals surface area contributed by atoms with Crippen molar-refractivity contribution < 1.29 is 4.79 Å². The SMILES string of the molecule is CCn1c2ccccc2c2cc(NC(=O)CCSc3nc4c(cc3C#N)CCC4)ccc21. The van der Waals surface area contributed by atoms with Crippen LogP contribution in [0.2, 0.25) is 0 Å². The predicted octanol–water partition coefficient (Wildman–Crippen LogP) is 5.69. The van der Waals surface area contributed by atoms with E-state index in [1.54, 1.807) is 0 Å². The van der Waals surface area contributed by atoms with Gasteiger partial charge in [0.05, 0.1) is 5.56 Å². The molecule has 2 aromatic heterocycles. The summed E-state index contributed by atoms with van der Waals surface area (Å²) in [5, 5.41) is 15.6. The molecule has 2 heterocycles. The minimum absolute atomic E-state index is 0.0317. The van der Waals surface area contributed by atoms with Gasteiger partial charge < -0.3 is 9.88 Å². The van der Waals surface area contributed by atoms with Gasteiger partial charge in [-0.25, -0.2) is 4.98 Å². The summed E-state index contributed by atoms with van der Waals surface area (Å²) in [6.45, 7) is 3.04. The van der Waals surface area contributed by atoms with Crippen molar-refractivity contribution in [2.24, 2.45) is 0 Å². The molecule has 5 nitrogen and oxygen atoms in total. The standard InChI is InChI=1S/C26H24N4OS/c1-2-30-23-9-4-3-7-20(23)21-15-19(10-11-24(21)30)28-25(31)12-13-32-26-18(16-27)14-17-6-5-8-22(17)29-26/h3-4,7,9-11,14-15H,2,5-6,8,12-13H2,1H3,(H,28,31). The smallest absolute Gasteiger partial charge is 0.225 e. The first kappa shape index (κ1) is 20.6. The van der Waals surface area contributed by atoms with Crippen LogP contribution in [-0.4, -0.2) is 21.2 Å². The number of hydrogen-bond acceptors (Lipinski definition) is 4. The Labute approximate surface area is 191 Å². The first-order valence-electron chi connectivity index (χ1n) is 11.0. The maximum absolute atomic E-state index is 12.6. The van der Waals surface area contributed by atoms with Crippen LogP contribution in [0.3, 0.4) is 0 Å². The Balaban J connectivity index is 1.28. The van der Waals surface area contributed by atoms with Crippen LogP contribution >= 0.6 is 11.8 Å². The van der Waals surface area contributed by atoms with E-state index in [0.29, 0.717) is 17.7 Å². The maximum Gasteiger partial charge on any atom is 0.225 e. The molecule has 0 saturated heterocycles. The predicted molar refractivity (Wildman–Crippen MR) is 130 cm³/mol. The highest BCUT2D eigenvalue weighted by Gasteiger charge is 2.17. The van der Waals surface area contributed by atoms with Crippen molar-refractivity contribution in [1.29, 1.82) is 5.26 Å². The quantitative estimate of drug-likeness (QED) is 0.391. The van der Waals surface area contributed by atoms with Crippen LogP contribution in [-0.2, 0) is 24.2 Å². The van der Waals surface area contributed by atoms with E-state index in [-0.39, 0.29) is 5.91 Å². The third kappa shape index (κ3) is 3.74. The highest BCUT2D eigenvalue weighted by molar-refractivity contribution is 7.99. The molecule has 1 amide bonds. The highest BCUT2D eigenvalue weighted by atomic mass is 32.2. The van der Waals surface area contributed by atoms with Crippen LogP contribution < -0.4 is 5.32 Å². The minimum atomic E-state index is -0.0317. The average molecular weight is 441 g/mol. The van der Waals surface area contributed by atoms with Crippen LogP contribution in [0.4, 0.5) is 5.69 Å². The first-order chi connectivity index (χ1) is 15.7. The lowest BCUT2D eigenvalue weighted by molar-refractivity contribution is -0.115. The van der Waals surface area contributed by atoms with E-state index in [0.717, 1.165) is 47.6 Å². The van der Waals surface area contributed by atoms with Crippen molar-refractivity contribution in [1.82, 2.24) is 9.55 Å². The third-order valence-corrected chi connectivity index (χ3v) is 7.07. The van der Waals surface area contributed by atoms with E-state index >= 15 is 0 Å². The fraction of sp³-hybridized carbons (Fsp3) is 0.269. The molecule has 0 fully saturated rings. The Hall–Kier alpha value is -3.30. The number of nitrogens with zero attached hydrogens (tertiary/aromatic N) is 3. The number of aromatic nitrogens is 2. The van der Waals surface area contributed by atoms with Crippen molar-refractivity contribution in [2.45, 2.75) is 44.2 Å². The summed E-state index contributed by atoms with van der Waals surface area (Å²) < 4.78 is 2.29. The maximum atomic E-state index is 12.6. The van der Waals surface area contributed by atoms with Crippen LogP contribution in [0, 0.1) is 11.3 Å². The highest BCUT2D eigenvalue weighted by Crippen LogP contribution is 2.31. The zero-order valence-electron chi connectivity index (χ0n) is 18.0. The second-order valence-corrected chi connectivity index (χ2v) is 9.14. The van der Waals surface area contributed by atoms with E-state index in [2.05, 4.69) is 58.2 Å². The Morgan fingerprint density at radius 3 is 2.84 bits per heavy atom. The Morgan fingerprint density at radius 1 is 1.16 bits per heavy atom. The number of aryl methyl sites for hydroxylation is 3. The minimum Gasteiger partial charge on any atom is -0.341 e. The first-order valence-corrected chi connectivity index (χ1v) is 12.0. The number of carbonyl (C=O) groups excluding carboxylic acids is 1. The van der Waals surface area contributed by atoms with Crippen LogP contribution in [0.25, 0.3) is 21.8 Å². The van der Waals surface area contributed by atoms with Gasteiger partial charge >= 0.3 is 0 Å². The number of fused-ring (bicyclic) bond motifs is 4. The number of rotatable bonds is 6. The molecular weight excluding hydrogens is 416 g/mol. The molecule has 5 rings (SSSR count). The number of nitriles is 1. The molecule has 0 unspecified atom stereocenters. The summed E-state index contributed by atoms with van der Waals surface area (Å²) >= 11 is 1.49. The molecule has 0 saturated carbocycles. The Kier molecular flexibility index (Phi) is 5.59. The molecule has 1 aliphatic carbocycles. The summed E-state index contributed by atoms with van der Waals surface area (Å²) in [4.78, 5) is 17.3. The molecule has 0 bridgehead atoms. The number of thioether (sulfide) groups is 1. The van der Waals surface area contributed by atoms with Crippen molar-refractivity contribution in [3.8, 4) is 6.07 Å². The van der Waals surface area contributed by atoms with E-state index in [1.807, 2.05) is 18.2 Å². The van der Waals surface area contributed by atoms with Gasteiger partial charge in [0.25, 0.3) is 0 Å². The summed E-state index contributed by atoms with van der Waals surface area (Å²) in [7, 11) is 0. The monoisotopic (exact) mass is 440 g/mol. The van der Waals surface area contributed by atoms with E-state index in [9.17, 15) is 10.1 Å². The molecule has 6 heteroatoms.